The highest BCUT2D eigenvalue weighted by molar-refractivity contribution is 6.02. The van der Waals surface area contributed by atoms with Crippen molar-refractivity contribution in [2.24, 2.45) is 11.7 Å². The standard InChI is InChI=1S/C11H21N3O4/c1-4-18-11(17)9(12)10(16)14-6-8(15)13-5-7(2)3/h7,9H,4-6,12H2,1-3H3,(H,13,15)(H,14,16). The molecule has 0 rings (SSSR count). The fourth-order valence-electron chi connectivity index (χ4n) is 0.997. The summed E-state index contributed by atoms with van der Waals surface area (Å²) in [6.07, 6.45) is 0. The van der Waals surface area contributed by atoms with E-state index in [2.05, 4.69) is 15.4 Å². The van der Waals surface area contributed by atoms with E-state index >= 15 is 0 Å². The molecule has 18 heavy (non-hydrogen) atoms. The maximum atomic E-state index is 11.4. The number of carbonyl (C=O) groups excluding carboxylic acids is 3. The van der Waals surface area contributed by atoms with E-state index in [1.165, 1.54) is 0 Å². The van der Waals surface area contributed by atoms with Gasteiger partial charge in [0.1, 0.15) is 0 Å². The van der Waals surface area contributed by atoms with Crippen LogP contribution in [0.15, 0.2) is 0 Å². The highest BCUT2D eigenvalue weighted by Gasteiger charge is 2.23. The van der Waals surface area contributed by atoms with Crippen LogP contribution < -0.4 is 16.4 Å². The fourth-order valence-corrected chi connectivity index (χ4v) is 0.997. The van der Waals surface area contributed by atoms with Crippen molar-refractivity contribution in [2.45, 2.75) is 26.8 Å². The molecule has 1 unspecified atom stereocenters. The Kier molecular flexibility index (Phi) is 7.69. The number of carbonyl (C=O) groups is 3. The van der Waals surface area contributed by atoms with E-state index < -0.39 is 17.9 Å². The lowest BCUT2D eigenvalue weighted by atomic mass is 10.2. The van der Waals surface area contributed by atoms with Crippen LogP contribution in [0, 0.1) is 5.92 Å². The number of hydrogen-bond acceptors (Lipinski definition) is 5. The maximum absolute atomic E-state index is 11.4. The first kappa shape index (κ1) is 16.4. The molecule has 0 aliphatic carbocycles. The summed E-state index contributed by atoms with van der Waals surface area (Å²) in [5.41, 5.74) is 5.34. The van der Waals surface area contributed by atoms with Crippen LogP contribution in [0.1, 0.15) is 20.8 Å². The van der Waals surface area contributed by atoms with E-state index in [1.807, 2.05) is 13.8 Å². The summed E-state index contributed by atoms with van der Waals surface area (Å²) >= 11 is 0. The average Bonchev–Trinajstić information content (AvgIpc) is 2.32. The third kappa shape index (κ3) is 6.85. The molecular weight excluding hydrogens is 238 g/mol. The van der Waals surface area contributed by atoms with Gasteiger partial charge in [-0.2, -0.15) is 0 Å². The van der Waals surface area contributed by atoms with E-state index in [1.54, 1.807) is 6.92 Å². The lowest BCUT2D eigenvalue weighted by Crippen LogP contribution is -2.49. The van der Waals surface area contributed by atoms with Gasteiger partial charge in [0.2, 0.25) is 11.8 Å². The topological polar surface area (TPSA) is 111 Å². The molecule has 0 radical (unpaired) electrons. The molecule has 0 aromatic rings. The summed E-state index contributed by atoms with van der Waals surface area (Å²) in [5, 5.41) is 4.89. The van der Waals surface area contributed by atoms with E-state index in [0.717, 1.165) is 0 Å². The van der Waals surface area contributed by atoms with Gasteiger partial charge in [-0.05, 0) is 12.8 Å². The Morgan fingerprint density at radius 3 is 2.33 bits per heavy atom. The molecule has 7 nitrogen and oxygen atoms in total. The second-order valence-electron chi connectivity index (χ2n) is 4.15. The van der Waals surface area contributed by atoms with Crippen LogP contribution in [0.3, 0.4) is 0 Å². The Balaban J connectivity index is 3.95. The van der Waals surface area contributed by atoms with Crippen LogP contribution in [0.5, 0.6) is 0 Å². The third-order valence-corrected chi connectivity index (χ3v) is 1.95. The molecule has 7 heteroatoms. The summed E-state index contributed by atoms with van der Waals surface area (Å²) in [7, 11) is 0. The third-order valence-electron chi connectivity index (χ3n) is 1.95. The molecule has 4 N–H and O–H groups in total. The van der Waals surface area contributed by atoms with Crippen LogP contribution in [-0.4, -0.2) is 43.5 Å². The Bertz CT molecular complexity index is 305. The van der Waals surface area contributed by atoms with Gasteiger partial charge >= 0.3 is 5.97 Å². The summed E-state index contributed by atoms with van der Waals surface area (Å²) in [4.78, 5) is 33.8. The first-order valence-corrected chi connectivity index (χ1v) is 5.85. The zero-order valence-electron chi connectivity index (χ0n) is 11.0. The van der Waals surface area contributed by atoms with Gasteiger partial charge in [0.15, 0.2) is 6.04 Å². The minimum atomic E-state index is -1.40. The molecule has 0 aliphatic rings. The van der Waals surface area contributed by atoms with Crippen molar-refractivity contribution in [3.05, 3.63) is 0 Å². The molecule has 0 aromatic carbocycles. The largest absolute Gasteiger partial charge is 0.464 e. The number of amides is 2. The predicted octanol–water partition coefficient (Wildman–Crippen LogP) is -1.23. The number of nitrogens with two attached hydrogens (primary N) is 1. The van der Waals surface area contributed by atoms with Crippen LogP contribution in [0.2, 0.25) is 0 Å². The van der Waals surface area contributed by atoms with Crippen molar-refractivity contribution in [1.82, 2.24) is 10.6 Å². The highest BCUT2D eigenvalue weighted by Crippen LogP contribution is 1.87. The van der Waals surface area contributed by atoms with Gasteiger partial charge in [0.05, 0.1) is 13.2 Å². The van der Waals surface area contributed by atoms with Crippen molar-refractivity contribution in [3.8, 4) is 0 Å². The van der Waals surface area contributed by atoms with Gasteiger partial charge in [-0.15, -0.1) is 0 Å². The van der Waals surface area contributed by atoms with E-state index in [4.69, 9.17) is 5.73 Å². The van der Waals surface area contributed by atoms with Crippen molar-refractivity contribution in [3.63, 3.8) is 0 Å². The maximum Gasteiger partial charge on any atom is 0.332 e. The van der Waals surface area contributed by atoms with E-state index in [9.17, 15) is 14.4 Å². The molecule has 0 aromatic heterocycles. The lowest BCUT2D eigenvalue weighted by molar-refractivity contribution is -0.148. The van der Waals surface area contributed by atoms with Gasteiger partial charge in [0, 0.05) is 6.54 Å². The minimum absolute atomic E-state index is 0.148. The molecule has 0 saturated carbocycles. The van der Waals surface area contributed by atoms with Crippen molar-refractivity contribution in [1.29, 1.82) is 0 Å². The summed E-state index contributed by atoms with van der Waals surface area (Å²) in [6, 6.07) is -1.40. The molecule has 0 aliphatic heterocycles. The summed E-state index contributed by atoms with van der Waals surface area (Å²) in [6.45, 7) is 5.99. The van der Waals surface area contributed by atoms with Gasteiger partial charge in [0.25, 0.3) is 0 Å². The van der Waals surface area contributed by atoms with E-state index in [0.29, 0.717) is 12.5 Å². The van der Waals surface area contributed by atoms with Crippen LogP contribution in [-0.2, 0) is 19.1 Å². The molecular formula is C11H21N3O4. The SMILES string of the molecule is CCOC(=O)C(N)C(=O)NCC(=O)NCC(C)C. The first-order chi connectivity index (χ1) is 8.38. The molecule has 2 amide bonds. The monoisotopic (exact) mass is 259 g/mol. The number of nitrogens with one attached hydrogen (secondary N) is 2. The molecule has 0 fully saturated rings. The van der Waals surface area contributed by atoms with E-state index in [-0.39, 0.29) is 19.1 Å². The Morgan fingerprint density at radius 1 is 1.22 bits per heavy atom. The zero-order valence-corrected chi connectivity index (χ0v) is 11.0. The van der Waals surface area contributed by atoms with Crippen molar-refractivity contribution in [2.75, 3.05) is 19.7 Å². The highest BCUT2D eigenvalue weighted by atomic mass is 16.5. The number of esters is 1. The van der Waals surface area contributed by atoms with Gasteiger partial charge in [-0.3, -0.25) is 9.59 Å². The number of ether oxygens (including phenoxy) is 1. The van der Waals surface area contributed by atoms with Gasteiger partial charge in [-0.25, -0.2) is 4.79 Å². The van der Waals surface area contributed by atoms with Crippen molar-refractivity contribution < 1.29 is 19.1 Å². The Hall–Kier alpha value is -1.63. The molecule has 0 spiro atoms. The molecule has 1 atom stereocenters. The second-order valence-corrected chi connectivity index (χ2v) is 4.15. The Morgan fingerprint density at radius 2 is 1.83 bits per heavy atom. The van der Waals surface area contributed by atoms with Gasteiger partial charge < -0.3 is 21.1 Å². The number of rotatable bonds is 7. The summed E-state index contributed by atoms with van der Waals surface area (Å²) in [5.74, 6) is -1.54. The summed E-state index contributed by atoms with van der Waals surface area (Å²) < 4.78 is 4.59. The normalized spacial score (nSPS) is 11.8. The smallest absolute Gasteiger partial charge is 0.332 e. The zero-order chi connectivity index (χ0) is 14.1. The molecule has 0 saturated heterocycles. The van der Waals surface area contributed by atoms with Crippen LogP contribution >= 0.6 is 0 Å². The second kappa shape index (κ2) is 8.46. The quantitative estimate of drug-likeness (QED) is 0.391. The van der Waals surface area contributed by atoms with Crippen LogP contribution in [0.4, 0.5) is 0 Å². The first-order valence-electron chi connectivity index (χ1n) is 5.85. The lowest BCUT2D eigenvalue weighted by Gasteiger charge is -2.11. The minimum Gasteiger partial charge on any atom is -0.464 e. The van der Waals surface area contributed by atoms with Crippen LogP contribution in [0.25, 0.3) is 0 Å². The predicted molar refractivity (Wildman–Crippen MR) is 65.5 cm³/mol. The molecule has 104 valence electrons. The Labute approximate surface area is 106 Å². The van der Waals surface area contributed by atoms with Gasteiger partial charge in [-0.1, -0.05) is 13.8 Å². The number of hydrogen-bond donors (Lipinski definition) is 3. The average molecular weight is 259 g/mol. The molecule has 0 bridgehead atoms. The van der Waals surface area contributed by atoms with Crippen molar-refractivity contribution >= 4 is 17.8 Å². The molecule has 0 heterocycles. The fraction of sp³-hybridized carbons (Fsp3) is 0.727.